The Kier molecular flexibility index (Phi) is 4.85. The molecule has 4 fully saturated rings. The second-order valence-electron chi connectivity index (χ2n) is 10.5. The van der Waals surface area contributed by atoms with Crippen LogP contribution in [0.2, 0.25) is 0 Å². The minimum Gasteiger partial charge on any atom is -0.478 e. The third-order valence-electron chi connectivity index (χ3n) is 9.39. The molecule has 1 unspecified atom stereocenters. The molecule has 4 saturated carbocycles. The molecule has 0 aliphatic heterocycles. The lowest BCUT2D eigenvalue weighted by Gasteiger charge is -2.61. The molecule has 0 aromatic rings. The zero-order valence-electron chi connectivity index (χ0n) is 17.2. The minimum absolute atomic E-state index is 0.0791. The highest BCUT2D eigenvalue weighted by Gasteiger charge is 2.62. The molecular weight excluding hydrogens is 352 g/mol. The molecule has 28 heavy (non-hydrogen) atoms. The van der Waals surface area contributed by atoms with Crippen molar-refractivity contribution in [3.63, 3.8) is 0 Å². The highest BCUT2D eigenvalue weighted by Crippen LogP contribution is 2.68. The summed E-state index contributed by atoms with van der Waals surface area (Å²) in [6.45, 7) is 8.94. The summed E-state index contributed by atoms with van der Waals surface area (Å²) in [4.78, 5) is 23.0. The molecule has 4 nitrogen and oxygen atoms in total. The van der Waals surface area contributed by atoms with Gasteiger partial charge in [-0.3, -0.25) is 4.79 Å². The molecule has 0 saturated heterocycles. The van der Waals surface area contributed by atoms with E-state index in [0.717, 1.165) is 44.1 Å². The Morgan fingerprint density at radius 2 is 1.82 bits per heavy atom. The van der Waals surface area contributed by atoms with Crippen LogP contribution in [0.15, 0.2) is 24.3 Å². The lowest BCUT2D eigenvalue weighted by molar-refractivity contribution is -0.166. The molecule has 0 bridgehead atoms. The second-order valence-corrected chi connectivity index (χ2v) is 10.5. The van der Waals surface area contributed by atoms with E-state index < -0.39 is 5.97 Å². The largest absolute Gasteiger partial charge is 0.478 e. The predicted molar refractivity (Wildman–Crippen MR) is 108 cm³/mol. The molecule has 4 heteroatoms. The van der Waals surface area contributed by atoms with E-state index in [1.54, 1.807) is 6.08 Å². The first-order valence-corrected chi connectivity index (χ1v) is 11.0. The number of carboxylic acids is 1. The van der Waals surface area contributed by atoms with Gasteiger partial charge in [-0.25, -0.2) is 4.79 Å². The monoisotopic (exact) mass is 386 g/mol. The van der Waals surface area contributed by atoms with Gasteiger partial charge in [0.05, 0.1) is 6.10 Å². The lowest BCUT2D eigenvalue weighted by atomic mass is 9.44. The van der Waals surface area contributed by atoms with Crippen molar-refractivity contribution in [2.45, 2.75) is 71.3 Å². The van der Waals surface area contributed by atoms with E-state index in [-0.39, 0.29) is 16.9 Å². The number of aliphatic hydroxyl groups is 1. The number of fused-ring (bicyclic) bond motifs is 5. The van der Waals surface area contributed by atoms with Crippen molar-refractivity contribution in [1.29, 1.82) is 0 Å². The molecule has 0 aromatic heterocycles. The van der Waals surface area contributed by atoms with Gasteiger partial charge in [0.1, 0.15) is 5.78 Å². The van der Waals surface area contributed by atoms with E-state index in [1.165, 1.54) is 6.08 Å². The molecule has 4 rings (SSSR count). The maximum Gasteiger partial charge on any atom is 0.328 e. The van der Waals surface area contributed by atoms with Crippen LogP contribution >= 0.6 is 0 Å². The van der Waals surface area contributed by atoms with E-state index in [9.17, 15) is 14.7 Å². The van der Waals surface area contributed by atoms with Crippen LogP contribution in [0.4, 0.5) is 0 Å². The van der Waals surface area contributed by atoms with Crippen LogP contribution in [-0.2, 0) is 9.59 Å². The van der Waals surface area contributed by atoms with Crippen molar-refractivity contribution < 1.29 is 19.8 Å². The van der Waals surface area contributed by atoms with Gasteiger partial charge in [-0.15, -0.1) is 0 Å². The Labute approximate surface area is 168 Å². The molecular formula is C24H34O4. The normalized spacial score (nSPS) is 48.0. The first-order valence-electron chi connectivity index (χ1n) is 11.0. The van der Waals surface area contributed by atoms with Gasteiger partial charge in [0.15, 0.2) is 0 Å². The lowest BCUT2D eigenvalue weighted by Crippen LogP contribution is -2.58. The number of ketones is 1. The average Bonchev–Trinajstić information content (AvgIpc) is 2.98. The number of aliphatic hydroxyl groups excluding tert-OH is 1. The van der Waals surface area contributed by atoms with E-state index in [1.807, 2.05) is 0 Å². The SMILES string of the molecule is C=C(C=CC(=O)O)[C@H]1CC[C@H]2[C@@H]3[C@H](O)CC4CC(=O)CC[C@]4(C)[C@H]3CC[C@]12C. The van der Waals surface area contributed by atoms with E-state index >= 15 is 0 Å². The number of hydrogen-bond donors (Lipinski definition) is 2. The Hall–Kier alpha value is -1.42. The molecule has 4 aliphatic rings. The minimum atomic E-state index is -0.932. The number of Topliss-reactive ketones (excluding diaryl/α,β-unsaturated/α-hetero) is 1. The first kappa shape index (κ1) is 19.9. The number of aliphatic carboxylic acids is 1. The number of rotatable bonds is 3. The van der Waals surface area contributed by atoms with Gasteiger partial charge in [-0.05, 0) is 78.9 Å². The van der Waals surface area contributed by atoms with E-state index in [2.05, 4.69) is 20.4 Å². The zero-order valence-corrected chi connectivity index (χ0v) is 17.2. The fourth-order valence-electron chi connectivity index (χ4n) is 7.92. The molecule has 4 aliphatic carbocycles. The van der Waals surface area contributed by atoms with Crippen LogP contribution in [0.25, 0.3) is 0 Å². The summed E-state index contributed by atoms with van der Waals surface area (Å²) < 4.78 is 0. The van der Waals surface area contributed by atoms with Crippen molar-refractivity contribution in [3.8, 4) is 0 Å². The third-order valence-corrected chi connectivity index (χ3v) is 9.39. The molecule has 0 heterocycles. The topological polar surface area (TPSA) is 74.6 Å². The maximum atomic E-state index is 12.0. The van der Waals surface area contributed by atoms with Crippen LogP contribution in [0.5, 0.6) is 0 Å². The zero-order chi connectivity index (χ0) is 20.3. The van der Waals surface area contributed by atoms with Crippen molar-refractivity contribution in [1.82, 2.24) is 0 Å². The quantitative estimate of drug-likeness (QED) is 0.557. The van der Waals surface area contributed by atoms with Crippen molar-refractivity contribution in [2.24, 2.45) is 40.4 Å². The van der Waals surface area contributed by atoms with Gasteiger partial charge in [-0.2, -0.15) is 0 Å². The smallest absolute Gasteiger partial charge is 0.328 e. The molecule has 0 aromatic carbocycles. The molecule has 0 spiro atoms. The van der Waals surface area contributed by atoms with E-state index in [0.29, 0.717) is 48.2 Å². The molecule has 0 radical (unpaired) electrons. The summed E-state index contributed by atoms with van der Waals surface area (Å²) in [5.41, 5.74) is 1.18. The summed E-state index contributed by atoms with van der Waals surface area (Å²) in [6, 6.07) is 0. The number of hydrogen-bond acceptors (Lipinski definition) is 3. The van der Waals surface area contributed by atoms with Crippen LogP contribution in [0.3, 0.4) is 0 Å². The van der Waals surface area contributed by atoms with Gasteiger partial charge in [-0.1, -0.05) is 32.1 Å². The average molecular weight is 387 g/mol. The standard InChI is InChI=1S/C24H34O4/c1-14(4-7-21(27)28)17-5-6-18-22-19(9-11-24(17,18)3)23(2)10-8-16(25)12-15(23)13-20(22)26/h4,7,15,17-20,22,26H,1,5-6,8-13H2,2-3H3,(H,27,28)/t15?,17-,18+,19+,20-,22+,23+,24-/m1/s1. The van der Waals surface area contributed by atoms with Crippen LogP contribution in [0, 0.1) is 40.4 Å². The van der Waals surface area contributed by atoms with Crippen molar-refractivity contribution in [3.05, 3.63) is 24.3 Å². The Morgan fingerprint density at radius 1 is 1.11 bits per heavy atom. The highest BCUT2D eigenvalue weighted by atomic mass is 16.4. The Morgan fingerprint density at radius 3 is 2.54 bits per heavy atom. The van der Waals surface area contributed by atoms with Crippen molar-refractivity contribution in [2.75, 3.05) is 0 Å². The number of carbonyl (C=O) groups excluding carboxylic acids is 1. The molecule has 0 amide bonds. The van der Waals surface area contributed by atoms with Crippen molar-refractivity contribution >= 4 is 11.8 Å². The van der Waals surface area contributed by atoms with Crippen LogP contribution in [-0.4, -0.2) is 28.1 Å². The number of carboxylic acid groups (broad SMARTS) is 1. The Balaban J connectivity index is 1.61. The van der Waals surface area contributed by atoms with Crippen LogP contribution in [0.1, 0.15) is 65.2 Å². The summed E-state index contributed by atoms with van der Waals surface area (Å²) in [5.74, 6) is 1.31. The van der Waals surface area contributed by atoms with Crippen LogP contribution < -0.4 is 0 Å². The third kappa shape index (κ3) is 2.91. The van der Waals surface area contributed by atoms with Gasteiger partial charge in [0.25, 0.3) is 0 Å². The fraction of sp³-hybridized carbons (Fsp3) is 0.750. The predicted octanol–water partition coefficient (Wildman–Crippen LogP) is 4.38. The number of carbonyl (C=O) groups is 2. The van der Waals surface area contributed by atoms with Gasteiger partial charge in [0, 0.05) is 18.9 Å². The van der Waals surface area contributed by atoms with Gasteiger partial charge < -0.3 is 10.2 Å². The van der Waals surface area contributed by atoms with E-state index in [4.69, 9.17) is 5.11 Å². The molecule has 154 valence electrons. The fourth-order valence-corrected chi connectivity index (χ4v) is 7.92. The summed E-state index contributed by atoms with van der Waals surface area (Å²) >= 11 is 0. The summed E-state index contributed by atoms with van der Waals surface area (Å²) in [7, 11) is 0. The highest BCUT2D eigenvalue weighted by molar-refractivity contribution is 5.80. The molecule has 8 atom stereocenters. The second kappa shape index (κ2) is 6.83. The summed E-state index contributed by atoms with van der Waals surface area (Å²) in [6.07, 6.45) is 9.96. The first-order chi connectivity index (χ1) is 13.2. The maximum absolute atomic E-state index is 12.0. The Bertz CT molecular complexity index is 724. The van der Waals surface area contributed by atoms with Gasteiger partial charge in [0.2, 0.25) is 0 Å². The van der Waals surface area contributed by atoms with Gasteiger partial charge >= 0.3 is 5.97 Å². The molecule has 2 N–H and O–H groups in total. The number of allylic oxidation sites excluding steroid dienone is 2. The summed E-state index contributed by atoms with van der Waals surface area (Å²) in [5, 5.41) is 20.1.